The van der Waals surface area contributed by atoms with E-state index in [1.165, 1.54) is 18.2 Å². The molecule has 0 fully saturated rings. The first kappa shape index (κ1) is 16.4. The van der Waals surface area contributed by atoms with E-state index in [0.29, 0.717) is 5.56 Å². The van der Waals surface area contributed by atoms with E-state index in [9.17, 15) is 8.78 Å². The molecule has 0 aliphatic carbocycles. The maximum atomic E-state index is 14.2. The Hall–Kier alpha value is -1.01. The summed E-state index contributed by atoms with van der Waals surface area (Å²) >= 11 is 2.10. The Balaban J connectivity index is 2.49. The van der Waals surface area contributed by atoms with Crippen LogP contribution in [0.4, 0.5) is 8.78 Å². The fourth-order valence-corrected chi connectivity index (χ4v) is 3.08. The van der Waals surface area contributed by atoms with Crippen molar-refractivity contribution < 1.29 is 8.78 Å². The van der Waals surface area contributed by atoms with Gasteiger partial charge < -0.3 is 5.32 Å². The van der Waals surface area contributed by atoms with Crippen LogP contribution in [-0.2, 0) is 0 Å². The Morgan fingerprint density at radius 2 is 1.86 bits per heavy atom. The predicted octanol–water partition coefficient (Wildman–Crippen LogP) is 4.97. The maximum absolute atomic E-state index is 14.2. The second-order valence-electron chi connectivity index (χ2n) is 5.08. The highest BCUT2D eigenvalue weighted by Crippen LogP contribution is 2.29. The zero-order chi connectivity index (χ0) is 15.4. The van der Waals surface area contributed by atoms with Crippen LogP contribution < -0.4 is 5.32 Å². The molecule has 1 nitrogen and oxygen atoms in total. The Labute approximate surface area is 137 Å². The summed E-state index contributed by atoms with van der Waals surface area (Å²) in [6.45, 7) is 4.77. The van der Waals surface area contributed by atoms with Gasteiger partial charge in [-0.3, -0.25) is 0 Å². The topological polar surface area (TPSA) is 12.0 Å². The molecule has 1 N–H and O–H groups in total. The van der Waals surface area contributed by atoms with Gasteiger partial charge in [-0.15, -0.1) is 0 Å². The quantitative estimate of drug-likeness (QED) is 0.698. The lowest BCUT2D eigenvalue weighted by atomic mass is 9.96. The summed E-state index contributed by atoms with van der Waals surface area (Å²) in [6.07, 6.45) is 0.946. The molecule has 4 heteroatoms. The van der Waals surface area contributed by atoms with Crippen LogP contribution in [0.2, 0.25) is 0 Å². The highest BCUT2D eigenvalue weighted by atomic mass is 127. The molecule has 1 atom stereocenters. The Bertz CT molecular complexity index is 628. The van der Waals surface area contributed by atoms with Crippen LogP contribution in [0.15, 0.2) is 36.4 Å². The SMILES string of the molecule is CCCNC(c1cc(C)ccc1F)c1ccc(F)cc1I. The van der Waals surface area contributed by atoms with Gasteiger partial charge in [0.05, 0.1) is 6.04 Å². The third-order valence-corrected chi connectivity index (χ3v) is 4.27. The summed E-state index contributed by atoms with van der Waals surface area (Å²) in [5.41, 5.74) is 2.51. The molecule has 0 aromatic heterocycles. The molecule has 0 saturated heterocycles. The third kappa shape index (κ3) is 4.01. The third-order valence-electron chi connectivity index (χ3n) is 3.33. The first-order chi connectivity index (χ1) is 10.0. The fourth-order valence-electron chi connectivity index (χ4n) is 2.30. The molecule has 0 bridgehead atoms. The smallest absolute Gasteiger partial charge is 0.128 e. The summed E-state index contributed by atoms with van der Waals surface area (Å²) in [7, 11) is 0. The zero-order valence-electron chi connectivity index (χ0n) is 12.1. The molecule has 0 radical (unpaired) electrons. The van der Waals surface area contributed by atoms with Crippen molar-refractivity contribution >= 4 is 22.6 Å². The van der Waals surface area contributed by atoms with Gasteiger partial charge in [-0.2, -0.15) is 0 Å². The van der Waals surface area contributed by atoms with Crippen molar-refractivity contribution in [2.24, 2.45) is 0 Å². The highest BCUT2D eigenvalue weighted by molar-refractivity contribution is 14.1. The molecule has 2 aromatic carbocycles. The number of halogens is 3. The van der Waals surface area contributed by atoms with Crippen LogP contribution in [0.3, 0.4) is 0 Å². The van der Waals surface area contributed by atoms with E-state index in [4.69, 9.17) is 0 Å². The van der Waals surface area contributed by atoms with Gasteiger partial charge in [-0.1, -0.05) is 30.7 Å². The van der Waals surface area contributed by atoms with Gasteiger partial charge in [-0.25, -0.2) is 8.78 Å². The Morgan fingerprint density at radius 1 is 1.10 bits per heavy atom. The molecule has 0 saturated carbocycles. The van der Waals surface area contributed by atoms with Gasteiger partial charge in [0, 0.05) is 9.13 Å². The van der Waals surface area contributed by atoms with E-state index in [1.54, 1.807) is 12.1 Å². The summed E-state index contributed by atoms with van der Waals surface area (Å²) in [5, 5.41) is 3.36. The predicted molar refractivity (Wildman–Crippen MR) is 90.4 cm³/mol. The summed E-state index contributed by atoms with van der Waals surface area (Å²) in [5.74, 6) is -0.517. The van der Waals surface area contributed by atoms with Gasteiger partial charge in [-0.05, 0) is 66.2 Å². The van der Waals surface area contributed by atoms with E-state index < -0.39 is 0 Å². The lowest BCUT2D eigenvalue weighted by Crippen LogP contribution is -2.25. The fraction of sp³-hybridized carbons (Fsp3) is 0.294. The minimum atomic E-state index is -0.276. The van der Waals surface area contributed by atoms with Crippen molar-refractivity contribution in [3.63, 3.8) is 0 Å². The van der Waals surface area contributed by atoms with Crippen molar-refractivity contribution in [3.05, 3.63) is 68.3 Å². The Morgan fingerprint density at radius 3 is 2.52 bits per heavy atom. The second kappa shape index (κ2) is 7.31. The van der Waals surface area contributed by atoms with E-state index >= 15 is 0 Å². The summed E-state index contributed by atoms with van der Waals surface area (Å²) < 4.78 is 28.3. The van der Waals surface area contributed by atoms with E-state index in [-0.39, 0.29) is 17.7 Å². The Kier molecular flexibility index (Phi) is 5.70. The van der Waals surface area contributed by atoms with E-state index in [0.717, 1.165) is 27.7 Å². The molecular formula is C17H18F2IN. The minimum absolute atomic E-state index is 0.241. The number of rotatable bonds is 5. The van der Waals surface area contributed by atoms with Gasteiger partial charge in [0.2, 0.25) is 0 Å². The molecule has 1 unspecified atom stereocenters. The van der Waals surface area contributed by atoms with Crippen LogP contribution >= 0.6 is 22.6 Å². The number of nitrogens with one attached hydrogen (secondary N) is 1. The van der Waals surface area contributed by atoms with Crippen LogP contribution in [0.5, 0.6) is 0 Å². The molecular weight excluding hydrogens is 383 g/mol. The zero-order valence-corrected chi connectivity index (χ0v) is 14.2. The molecule has 0 amide bonds. The minimum Gasteiger partial charge on any atom is -0.306 e. The molecule has 2 aromatic rings. The number of hydrogen-bond acceptors (Lipinski definition) is 1. The monoisotopic (exact) mass is 401 g/mol. The average molecular weight is 401 g/mol. The standard InChI is InChI=1S/C17H18F2IN/c1-3-8-21-17(13-6-5-12(18)10-16(13)20)14-9-11(2)4-7-15(14)19/h4-7,9-10,17,21H,3,8H2,1-2H3. The lowest BCUT2D eigenvalue weighted by molar-refractivity contribution is 0.543. The number of benzene rings is 2. The van der Waals surface area contributed by atoms with E-state index in [2.05, 4.69) is 34.8 Å². The summed E-state index contributed by atoms with van der Waals surface area (Å²) in [4.78, 5) is 0. The highest BCUT2D eigenvalue weighted by Gasteiger charge is 2.20. The van der Waals surface area contributed by atoms with Gasteiger partial charge in [0.25, 0.3) is 0 Å². The van der Waals surface area contributed by atoms with Crippen molar-refractivity contribution in [1.29, 1.82) is 0 Å². The van der Waals surface area contributed by atoms with Gasteiger partial charge in [0.15, 0.2) is 0 Å². The largest absolute Gasteiger partial charge is 0.306 e. The first-order valence-corrected chi connectivity index (χ1v) is 8.05. The van der Waals surface area contributed by atoms with Crippen molar-refractivity contribution in [3.8, 4) is 0 Å². The van der Waals surface area contributed by atoms with Crippen LogP contribution in [0.1, 0.15) is 36.1 Å². The van der Waals surface area contributed by atoms with Gasteiger partial charge in [0.1, 0.15) is 11.6 Å². The molecule has 0 heterocycles. The maximum Gasteiger partial charge on any atom is 0.128 e. The number of hydrogen-bond donors (Lipinski definition) is 1. The molecule has 0 aliphatic heterocycles. The molecule has 2 rings (SSSR count). The van der Waals surface area contributed by atoms with Crippen LogP contribution in [0.25, 0.3) is 0 Å². The normalized spacial score (nSPS) is 12.4. The molecule has 0 aliphatic rings. The summed E-state index contributed by atoms with van der Waals surface area (Å²) in [6, 6.07) is 9.45. The number of aryl methyl sites for hydroxylation is 1. The van der Waals surface area contributed by atoms with Crippen molar-refractivity contribution in [2.75, 3.05) is 6.54 Å². The van der Waals surface area contributed by atoms with Gasteiger partial charge >= 0.3 is 0 Å². The lowest BCUT2D eigenvalue weighted by Gasteiger charge is -2.22. The van der Waals surface area contributed by atoms with Crippen LogP contribution in [0, 0.1) is 22.1 Å². The molecule has 112 valence electrons. The molecule has 21 heavy (non-hydrogen) atoms. The van der Waals surface area contributed by atoms with E-state index in [1.807, 2.05) is 13.0 Å². The van der Waals surface area contributed by atoms with Crippen LogP contribution in [-0.4, -0.2) is 6.54 Å². The van der Waals surface area contributed by atoms with Crippen molar-refractivity contribution in [1.82, 2.24) is 5.32 Å². The average Bonchev–Trinajstić information content (AvgIpc) is 2.44. The van der Waals surface area contributed by atoms with Crippen molar-refractivity contribution in [2.45, 2.75) is 26.3 Å². The first-order valence-electron chi connectivity index (χ1n) is 6.97. The second-order valence-corrected chi connectivity index (χ2v) is 6.24. The molecule has 0 spiro atoms.